The molecule has 0 aromatic rings. The summed E-state index contributed by atoms with van der Waals surface area (Å²) < 4.78 is 67.5. The van der Waals surface area contributed by atoms with Crippen LogP contribution in [0.25, 0.3) is 0 Å². The van der Waals surface area contributed by atoms with E-state index in [1.807, 2.05) is 6.92 Å². The number of rotatable bonds is 1. The molecule has 0 spiro atoms. The Bertz CT molecular complexity index is 111. The highest BCUT2D eigenvalue weighted by Crippen LogP contribution is 2.38. The molecule has 0 nitrogen and oxygen atoms in total. The predicted octanol–water partition coefficient (Wildman–Crippen LogP) is 2.36. The first-order chi connectivity index (χ1) is 4.19. The van der Waals surface area contributed by atoms with E-state index in [4.69, 9.17) is 0 Å². The largest absolute Gasteiger partial charge is 0.456 e. The Balaban J connectivity index is 4.40. The monoisotopic (exact) mass is 165 g/mol. The van der Waals surface area contributed by atoms with Crippen LogP contribution in [0.1, 0.15) is 0 Å². The molecule has 0 aliphatic rings. The fraction of sp³-hybridized carbons (Fsp3) is 0.750. The van der Waals surface area contributed by atoms with E-state index in [0.717, 1.165) is 0 Å². The lowest BCUT2D eigenvalue weighted by molar-refractivity contribution is -0.297. The third kappa shape index (κ3) is 1.54. The maximum absolute atomic E-state index is 11.5. The van der Waals surface area contributed by atoms with Crippen molar-refractivity contribution in [2.45, 2.75) is 18.3 Å². The molecule has 0 aliphatic heterocycles. The second kappa shape index (κ2) is 2.32. The lowest BCUT2D eigenvalue weighted by atomic mass is 10.2. The average Bonchev–Trinajstić information content (AvgIpc) is 1.62. The molecular weight excluding hydrogens is 162 g/mol. The number of hydrogen-bond acceptors (Lipinski definition) is 0. The lowest BCUT2D eigenvalue weighted by Gasteiger charge is -2.19. The van der Waals surface area contributed by atoms with E-state index >= 15 is 0 Å². The van der Waals surface area contributed by atoms with E-state index in [1.165, 1.54) is 0 Å². The summed E-state index contributed by atoms with van der Waals surface area (Å²) in [5.74, 6) is -5.34. The number of halogens is 6. The minimum absolute atomic E-state index is 1.94. The molecule has 0 rings (SSSR count). The molecular formula is C4H3F6. The summed E-state index contributed by atoms with van der Waals surface area (Å²) in [6.45, 7) is 1.94. The molecule has 0 saturated heterocycles. The number of alkyl halides is 6. The van der Waals surface area contributed by atoms with Gasteiger partial charge < -0.3 is 0 Å². The molecule has 0 aromatic heterocycles. The first kappa shape index (κ1) is 9.58. The Hall–Kier alpha value is -0.420. The van der Waals surface area contributed by atoms with Crippen LogP contribution in [0.3, 0.4) is 0 Å². The maximum Gasteiger partial charge on any atom is 0.456 e. The van der Waals surface area contributed by atoms with Crippen molar-refractivity contribution in [2.75, 3.05) is 0 Å². The summed E-state index contributed by atoms with van der Waals surface area (Å²) in [7, 11) is 0. The van der Waals surface area contributed by atoms with Crippen molar-refractivity contribution in [3.8, 4) is 0 Å². The zero-order chi connectivity index (χ0) is 8.58. The number of hydrogen-bond donors (Lipinski definition) is 0. The van der Waals surface area contributed by atoms with Gasteiger partial charge in [0.25, 0.3) is 0 Å². The molecule has 0 heterocycles. The first-order valence-electron chi connectivity index (χ1n) is 2.11. The Labute approximate surface area is 52.8 Å². The van der Waals surface area contributed by atoms with Crippen molar-refractivity contribution >= 4 is 0 Å². The van der Waals surface area contributed by atoms with Crippen LogP contribution in [-0.4, -0.2) is 18.3 Å². The van der Waals surface area contributed by atoms with Crippen molar-refractivity contribution in [3.63, 3.8) is 0 Å². The average molecular weight is 165 g/mol. The molecule has 10 heavy (non-hydrogen) atoms. The van der Waals surface area contributed by atoms with E-state index < -0.39 is 18.3 Å². The predicted molar refractivity (Wildman–Crippen MR) is 21.3 cm³/mol. The molecule has 0 N–H and O–H groups in total. The molecule has 1 atom stereocenters. The summed E-state index contributed by atoms with van der Waals surface area (Å²) >= 11 is 0. The second-order valence-corrected chi connectivity index (χ2v) is 1.59. The zero-order valence-electron chi connectivity index (χ0n) is 4.55. The van der Waals surface area contributed by atoms with Gasteiger partial charge in [0.05, 0.1) is 0 Å². The fourth-order valence-electron chi connectivity index (χ4n) is 0.178. The van der Waals surface area contributed by atoms with Gasteiger partial charge in [-0.1, -0.05) is 0 Å². The van der Waals surface area contributed by atoms with Gasteiger partial charge in [0.15, 0.2) is 6.17 Å². The van der Waals surface area contributed by atoms with E-state index in [-0.39, 0.29) is 0 Å². The van der Waals surface area contributed by atoms with Crippen molar-refractivity contribution < 1.29 is 26.3 Å². The van der Waals surface area contributed by atoms with Crippen LogP contribution in [-0.2, 0) is 0 Å². The topological polar surface area (TPSA) is 0 Å². The van der Waals surface area contributed by atoms with Gasteiger partial charge in [-0.2, -0.15) is 22.0 Å². The molecule has 6 heteroatoms. The molecule has 0 aromatic carbocycles. The Morgan fingerprint density at radius 1 is 1.00 bits per heavy atom. The first-order valence-corrected chi connectivity index (χ1v) is 2.11. The summed E-state index contributed by atoms with van der Waals surface area (Å²) in [4.78, 5) is 0. The minimum Gasteiger partial charge on any atom is -0.240 e. The fourth-order valence-corrected chi connectivity index (χ4v) is 0.178. The molecule has 0 bridgehead atoms. The van der Waals surface area contributed by atoms with E-state index in [9.17, 15) is 26.3 Å². The van der Waals surface area contributed by atoms with Crippen molar-refractivity contribution in [1.82, 2.24) is 0 Å². The van der Waals surface area contributed by atoms with Gasteiger partial charge in [-0.05, 0) is 6.92 Å². The Kier molecular flexibility index (Phi) is 2.22. The zero-order valence-corrected chi connectivity index (χ0v) is 4.55. The Morgan fingerprint density at radius 3 is 1.30 bits per heavy atom. The van der Waals surface area contributed by atoms with Crippen molar-refractivity contribution in [1.29, 1.82) is 0 Å². The van der Waals surface area contributed by atoms with Gasteiger partial charge in [0.2, 0.25) is 0 Å². The normalized spacial score (nSPS) is 17.1. The van der Waals surface area contributed by atoms with Crippen LogP contribution in [0.15, 0.2) is 0 Å². The van der Waals surface area contributed by atoms with Crippen LogP contribution in [0.5, 0.6) is 0 Å². The van der Waals surface area contributed by atoms with Crippen LogP contribution >= 0.6 is 0 Å². The van der Waals surface area contributed by atoms with E-state index in [1.54, 1.807) is 0 Å². The van der Waals surface area contributed by atoms with Crippen molar-refractivity contribution in [3.05, 3.63) is 6.92 Å². The van der Waals surface area contributed by atoms with Crippen LogP contribution in [0.4, 0.5) is 26.3 Å². The van der Waals surface area contributed by atoms with Crippen molar-refractivity contribution in [2.24, 2.45) is 0 Å². The van der Waals surface area contributed by atoms with E-state index in [0.29, 0.717) is 0 Å². The standard InChI is InChI=1S/C4H3F6/c1-2(5)3(6,7)4(8,9)10/h2H,1H2. The van der Waals surface area contributed by atoms with Gasteiger partial charge in [-0.25, -0.2) is 4.39 Å². The van der Waals surface area contributed by atoms with Gasteiger partial charge in [0.1, 0.15) is 0 Å². The van der Waals surface area contributed by atoms with E-state index in [2.05, 4.69) is 0 Å². The quantitative estimate of drug-likeness (QED) is 0.523. The minimum atomic E-state index is -5.85. The van der Waals surface area contributed by atoms with Gasteiger partial charge in [-0.15, -0.1) is 0 Å². The maximum atomic E-state index is 11.5. The third-order valence-electron chi connectivity index (χ3n) is 0.771. The summed E-state index contributed by atoms with van der Waals surface area (Å²) in [5, 5.41) is 0. The van der Waals surface area contributed by atoms with Gasteiger partial charge in [0, 0.05) is 0 Å². The van der Waals surface area contributed by atoms with Crippen LogP contribution in [0.2, 0.25) is 0 Å². The highest BCUT2D eigenvalue weighted by atomic mass is 19.4. The van der Waals surface area contributed by atoms with Crippen LogP contribution in [0, 0.1) is 6.92 Å². The van der Waals surface area contributed by atoms with Gasteiger partial charge >= 0.3 is 12.1 Å². The highest BCUT2D eigenvalue weighted by Gasteiger charge is 2.61. The molecule has 0 saturated carbocycles. The van der Waals surface area contributed by atoms with Gasteiger partial charge in [-0.3, -0.25) is 0 Å². The molecule has 0 amide bonds. The second-order valence-electron chi connectivity index (χ2n) is 1.59. The highest BCUT2D eigenvalue weighted by molar-refractivity contribution is 4.85. The smallest absolute Gasteiger partial charge is 0.240 e. The lowest BCUT2D eigenvalue weighted by Crippen LogP contribution is -2.43. The molecule has 1 unspecified atom stereocenters. The third-order valence-corrected chi connectivity index (χ3v) is 0.771. The molecule has 0 fully saturated rings. The molecule has 0 aliphatic carbocycles. The molecule has 1 radical (unpaired) electrons. The SMILES string of the molecule is [CH2]C(F)C(F)(F)C(F)(F)F. The summed E-state index contributed by atoms with van der Waals surface area (Å²) in [6.07, 6.45) is -9.30. The molecule has 61 valence electrons. The van der Waals surface area contributed by atoms with Crippen LogP contribution < -0.4 is 0 Å². The summed E-state index contributed by atoms with van der Waals surface area (Å²) in [6, 6.07) is 0. The summed E-state index contributed by atoms with van der Waals surface area (Å²) in [5.41, 5.74) is 0. The Morgan fingerprint density at radius 2 is 1.30 bits per heavy atom.